The van der Waals surface area contributed by atoms with Crippen molar-refractivity contribution in [3.8, 4) is 0 Å². The van der Waals surface area contributed by atoms with E-state index in [1.165, 1.54) is 24.3 Å². The second-order valence-corrected chi connectivity index (χ2v) is 7.56. The molecule has 3 heterocycles. The highest BCUT2D eigenvalue weighted by Gasteiger charge is 2.38. The van der Waals surface area contributed by atoms with Crippen LogP contribution >= 0.6 is 0 Å². The minimum absolute atomic E-state index is 0.0779. The normalized spacial score (nSPS) is 16.8. The molecule has 1 aromatic carbocycles. The van der Waals surface area contributed by atoms with Gasteiger partial charge in [-0.3, -0.25) is 14.0 Å². The third-order valence-corrected chi connectivity index (χ3v) is 5.19. The molecule has 0 spiro atoms. The molecule has 176 valence electrons. The van der Waals surface area contributed by atoms with E-state index in [1.54, 1.807) is 4.40 Å². The molecule has 0 bridgehead atoms. The van der Waals surface area contributed by atoms with E-state index < -0.39 is 12.1 Å². The van der Waals surface area contributed by atoms with Gasteiger partial charge in [-0.2, -0.15) is 13.2 Å². The number of amides is 1. The topological polar surface area (TPSA) is 111 Å². The Morgan fingerprint density at radius 1 is 1.21 bits per heavy atom. The summed E-state index contributed by atoms with van der Waals surface area (Å²) in [5, 5.41) is 7.12. The van der Waals surface area contributed by atoms with Gasteiger partial charge in [0.05, 0.1) is 6.20 Å². The van der Waals surface area contributed by atoms with Crippen molar-refractivity contribution in [1.29, 1.82) is 0 Å². The number of fused-ring (bicyclic) bond motifs is 1. The van der Waals surface area contributed by atoms with Crippen molar-refractivity contribution in [3.05, 3.63) is 70.7 Å². The SMILES string of the molecule is CN1CCN(C(=O)c2c[nH]c(=O)c3cncn23)C(Cc2ccccc2)C1.O=C(O)C(F)(F)F. The fraction of sp³-hybridized carbons (Fsp3) is 0.333. The first-order valence-corrected chi connectivity index (χ1v) is 9.95. The number of alkyl halides is 3. The summed E-state index contributed by atoms with van der Waals surface area (Å²) in [6.45, 7) is 2.30. The van der Waals surface area contributed by atoms with Gasteiger partial charge < -0.3 is 19.9 Å². The van der Waals surface area contributed by atoms with Gasteiger partial charge >= 0.3 is 12.1 Å². The number of carbonyl (C=O) groups excluding carboxylic acids is 1. The van der Waals surface area contributed by atoms with Crippen LogP contribution in [0.5, 0.6) is 0 Å². The van der Waals surface area contributed by atoms with Gasteiger partial charge in [0.1, 0.15) is 17.5 Å². The summed E-state index contributed by atoms with van der Waals surface area (Å²) in [4.78, 5) is 44.9. The number of nitrogens with zero attached hydrogens (tertiary/aromatic N) is 4. The minimum Gasteiger partial charge on any atom is -0.475 e. The number of imidazole rings is 1. The quantitative estimate of drug-likeness (QED) is 0.609. The Morgan fingerprint density at radius 3 is 2.52 bits per heavy atom. The summed E-state index contributed by atoms with van der Waals surface area (Å²) in [6.07, 6.45) is 0.186. The molecule has 2 aromatic heterocycles. The highest BCUT2D eigenvalue weighted by Crippen LogP contribution is 2.17. The molecule has 1 aliphatic rings. The van der Waals surface area contributed by atoms with Crippen molar-refractivity contribution in [3.63, 3.8) is 0 Å². The lowest BCUT2D eigenvalue weighted by Crippen LogP contribution is -2.55. The second kappa shape index (κ2) is 9.86. The number of piperazine rings is 1. The van der Waals surface area contributed by atoms with Crippen LogP contribution in [-0.4, -0.2) is 80.1 Å². The van der Waals surface area contributed by atoms with Crippen LogP contribution < -0.4 is 5.56 Å². The van der Waals surface area contributed by atoms with Gasteiger partial charge in [-0.1, -0.05) is 30.3 Å². The van der Waals surface area contributed by atoms with Crippen molar-refractivity contribution in [1.82, 2.24) is 24.2 Å². The lowest BCUT2D eigenvalue weighted by molar-refractivity contribution is -0.192. The molecule has 1 amide bonds. The molecule has 1 fully saturated rings. The zero-order chi connectivity index (χ0) is 24.2. The molecular formula is C21H22F3N5O4. The number of H-pyrrole nitrogens is 1. The highest BCUT2D eigenvalue weighted by molar-refractivity contribution is 5.93. The van der Waals surface area contributed by atoms with Crippen LogP contribution in [0.15, 0.2) is 53.8 Å². The molecular weight excluding hydrogens is 443 g/mol. The highest BCUT2D eigenvalue weighted by atomic mass is 19.4. The zero-order valence-electron chi connectivity index (χ0n) is 17.6. The lowest BCUT2D eigenvalue weighted by atomic mass is 10.0. The smallest absolute Gasteiger partial charge is 0.475 e. The summed E-state index contributed by atoms with van der Waals surface area (Å²) in [7, 11) is 2.08. The number of hydrogen-bond acceptors (Lipinski definition) is 5. The number of halogens is 3. The number of nitrogens with one attached hydrogen (secondary N) is 1. The molecule has 1 aliphatic heterocycles. The van der Waals surface area contributed by atoms with Crippen molar-refractivity contribution in [2.45, 2.75) is 18.6 Å². The average Bonchev–Trinajstić information content (AvgIpc) is 3.25. The largest absolute Gasteiger partial charge is 0.490 e. The molecule has 2 N–H and O–H groups in total. The van der Waals surface area contributed by atoms with E-state index in [0.717, 1.165) is 19.5 Å². The van der Waals surface area contributed by atoms with Crippen LogP contribution in [0.25, 0.3) is 5.52 Å². The lowest BCUT2D eigenvalue weighted by Gasteiger charge is -2.40. The Bertz CT molecular complexity index is 1180. The number of rotatable bonds is 3. The molecule has 1 unspecified atom stereocenters. The number of carbonyl (C=O) groups is 2. The predicted molar refractivity (Wildman–Crippen MR) is 112 cm³/mol. The third-order valence-electron chi connectivity index (χ3n) is 5.19. The van der Waals surface area contributed by atoms with Crippen LogP contribution in [0.3, 0.4) is 0 Å². The molecule has 12 heteroatoms. The second-order valence-electron chi connectivity index (χ2n) is 7.56. The van der Waals surface area contributed by atoms with Crippen LogP contribution in [0.1, 0.15) is 16.1 Å². The van der Waals surface area contributed by atoms with Gasteiger partial charge in [-0.05, 0) is 19.0 Å². The number of aromatic nitrogens is 3. The van der Waals surface area contributed by atoms with Crippen LogP contribution in [0.4, 0.5) is 13.2 Å². The molecule has 33 heavy (non-hydrogen) atoms. The molecule has 3 aromatic rings. The van der Waals surface area contributed by atoms with Gasteiger partial charge in [0.15, 0.2) is 0 Å². The molecule has 0 aliphatic carbocycles. The van der Waals surface area contributed by atoms with Gasteiger partial charge in [-0.25, -0.2) is 9.78 Å². The fourth-order valence-electron chi connectivity index (χ4n) is 3.58. The van der Waals surface area contributed by atoms with Gasteiger partial charge in [0.25, 0.3) is 11.5 Å². The van der Waals surface area contributed by atoms with Gasteiger partial charge in [-0.15, -0.1) is 0 Å². The van der Waals surface area contributed by atoms with Gasteiger partial charge in [0.2, 0.25) is 0 Å². The van der Waals surface area contributed by atoms with Crippen molar-refractivity contribution in [2.75, 3.05) is 26.7 Å². The average molecular weight is 465 g/mol. The van der Waals surface area contributed by atoms with Crippen LogP contribution in [-0.2, 0) is 11.2 Å². The number of carboxylic acid groups (broad SMARTS) is 1. The first-order chi connectivity index (χ1) is 15.6. The summed E-state index contributed by atoms with van der Waals surface area (Å²) in [5.74, 6) is -2.84. The first-order valence-electron chi connectivity index (χ1n) is 9.95. The summed E-state index contributed by atoms with van der Waals surface area (Å²) >= 11 is 0. The number of benzene rings is 1. The Balaban J connectivity index is 0.000000383. The van der Waals surface area contributed by atoms with E-state index in [0.29, 0.717) is 17.8 Å². The molecule has 0 radical (unpaired) electrons. The predicted octanol–water partition coefficient (Wildman–Crippen LogP) is 1.65. The number of likely N-dealkylation sites (N-methyl/N-ethyl adjacent to an activating group) is 1. The standard InChI is InChI=1S/C19H21N5O2.C2HF3O2/c1-22-7-8-23(15(12-22)9-14-5-3-2-4-6-14)19(26)17-11-21-18(25)16-10-20-13-24(16)17;3-2(4,5)1(6)7/h2-6,10-11,13,15H,7-9,12H2,1H3,(H,21,25);(H,6,7). The Kier molecular flexibility index (Phi) is 7.16. The van der Waals surface area contributed by atoms with E-state index in [9.17, 15) is 22.8 Å². The zero-order valence-corrected chi connectivity index (χ0v) is 17.6. The van der Waals surface area contributed by atoms with Crippen LogP contribution in [0.2, 0.25) is 0 Å². The maximum Gasteiger partial charge on any atom is 0.490 e. The van der Waals surface area contributed by atoms with E-state index in [2.05, 4.69) is 34.0 Å². The number of carboxylic acids is 1. The molecule has 1 atom stereocenters. The molecule has 9 nitrogen and oxygen atoms in total. The maximum absolute atomic E-state index is 13.3. The van der Waals surface area contributed by atoms with Crippen molar-refractivity contribution >= 4 is 17.4 Å². The van der Waals surface area contributed by atoms with Crippen molar-refractivity contribution < 1.29 is 27.9 Å². The molecule has 1 saturated heterocycles. The summed E-state index contributed by atoms with van der Waals surface area (Å²) in [5.41, 5.74) is 1.77. The minimum atomic E-state index is -5.08. The van der Waals surface area contributed by atoms with Crippen LogP contribution in [0, 0.1) is 0 Å². The van der Waals surface area contributed by atoms with Gasteiger partial charge in [0, 0.05) is 31.9 Å². The van der Waals surface area contributed by atoms with E-state index in [1.807, 2.05) is 23.1 Å². The van der Waals surface area contributed by atoms with E-state index in [-0.39, 0.29) is 17.5 Å². The Hall–Kier alpha value is -3.67. The van der Waals surface area contributed by atoms with E-state index >= 15 is 0 Å². The third kappa shape index (κ3) is 5.77. The number of aromatic amines is 1. The Labute approximate surface area is 186 Å². The Morgan fingerprint density at radius 2 is 1.88 bits per heavy atom. The summed E-state index contributed by atoms with van der Waals surface area (Å²) in [6, 6.07) is 10.3. The maximum atomic E-state index is 13.3. The summed E-state index contributed by atoms with van der Waals surface area (Å²) < 4.78 is 33.3. The first kappa shape index (κ1) is 24.0. The number of aliphatic carboxylic acids is 1. The molecule has 4 rings (SSSR count). The van der Waals surface area contributed by atoms with E-state index in [4.69, 9.17) is 9.90 Å². The molecule has 0 saturated carbocycles. The van der Waals surface area contributed by atoms with Crippen molar-refractivity contribution in [2.24, 2.45) is 0 Å². The number of hydrogen-bond donors (Lipinski definition) is 2. The monoisotopic (exact) mass is 465 g/mol. The fourth-order valence-corrected chi connectivity index (χ4v) is 3.58.